The Balaban J connectivity index is 2.00. The number of hydrogen-bond donors (Lipinski definition) is 0. The largest absolute Gasteiger partial charge is 0.452 e. The molecule has 5 nitrogen and oxygen atoms in total. The van der Waals surface area contributed by atoms with E-state index in [0.717, 1.165) is 37.3 Å². The Morgan fingerprint density at radius 2 is 1.86 bits per heavy atom. The number of aromatic nitrogens is 1. The van der Waals surface area contributed by atoms with Gasteiger partial charge in [-0.1, -0.05) is 0 Å². The molecular weight excluding hydrogens is 268 g/mol. The maximum atomic E-state index is 12.2. The third-order valence-electron chi connectivity index (χ3n) is 4.01. The molecule has 5 heteroatoms. The van der Waals surface area contributed by atoms with Crippen LogP contribution in [-0.4, -0.2) is 41.0 Å². The van der Waals surface area contributed by atoms with Crippen molar-refractivity contribution in [2.24, 2.45) is 0 Å². The first kappa shape index (κ1) is 15.6. The lowest BCUT2D eigenvalue weighted by atomic mass is 10.2. The molecule has 1 fully saturated rings. The Bertz CT molecular complexity index is 540. The minimum atomic E-state index is -0.414. The lowest BCUT2D eigenvalue weighted by molar-refractivity contribution is -0.133. The van der Waals surface area contributed by atoms with Crippen molar-refractivity contribution in [1.82, 2.24) is 9.47 Å². The van der Waals surface area contributed by atoms with Gasteiger partial charge in [-0.15, -0.1) is 0 Å². The van der Waals surface area contributed by atoms with Crippen LogP contribution in [0.15, 0.2) is 6.07 Å². The molecule has 1 aliphatic heterocycles. The second-order valence-corrected chi connectivity index (χ2v) is 5.91. The SMILES string of the molecule is Cc1cc(C(=O)OCC(=O)N2CCCC2)c(C)n1C(C)C. The van der Waals surface area contributed by atoms with Gasteiger partial charge in [0.2, 0.25) is 0 Å². The molecule has 0 unspecified atom stereocenters. The molecule has 116 valence electrons. The predicted octanol–water partition coefficient (Wildman–Crippen LogP) is 2.47. The van der Waals surface area contributed by atoms with Gasteiger partial charge in [0.25, 0.3) is 5.91 Å². The van der Waals surface area contributed by atoms with Crippen LogP contribution in [0.25, 0.3) is 0 Å². The number of esters is 1. The molecule has 0 aliphatic carbocycles. The molecule has 0 N–H and O–H groups in total. The van der Waals surface area contributed by atoms with Crippen LogP contribution in [0.4, 0.5) is 0 Å². The van der Waals surface area contributed by atoms with Crippen molar-refractivity contribution in [3.63, 3.8) is 0 Å². The van der Waals surface area contributed by atoms with Crippen LogP contribution < -0.4 is 0 Å². The van der Waals surface area contributed by atoms with Gasteiger partial charge in [0, 0.05) is 30.5 Å². The third kappa shape index (κ3) is 3.28. The van der Waals surface area contributed by atoms with E-state index in [9.17, 15) is 9.59 Å². The maximum Gasteiger partial charge on any atom is 0.340 e. The maximum absolute atomic E-state index is 12.2. The zero-order valence-corrected chi connectivity index (χ0v) is 13.3. The zero-order chi connectivity index (χ0) is 15.6. The second-order valence-electron chi connectivity index (χ2n) is 5.91. The van der Waals surface area contributed by atoms with E-state index in [1.54, 1.807) is 4.90 Å². The fourth-order valence-corrected chi connectivity index (χ4v) is 3.04. The van der Waals surface area contributed by atoms with E-state index in [4.69, 9.17) is 4.74 Å². The third-order valence-corrected chi connectivity index (χ3v) is 4.01. The standard InChI is InChI=1S/C16H24N2O3/c1-11(2)18-12(3)9-14(13(18)4)16(20)21-10-15(19)17-7-5-6-8-17/h9,11H,5-8,10H2,1-4H3. The number of ether oxygens (including phenoxy) is 1. The van der Waals surface area contributed by atoms with Crippen molar-refractivity contribution in [3.05, 3.63) is 23.0 Å². The Labute approximate surface area is 125 Å². The van der Waals surface area contributed by atoms with Crippen LogP contribution in [0.3, 0.4) is 0 Å². The Morgan fingerprint density at radius 3 is 2.38 bits per heavy atom. The van der Waals surface area contributed by atoms with E-state index in [-0.39, 0.29) is 18.6 Å². The number of carbonyl (C=O) groups excluding carboxylic acids is 2. The Kier molecular flexibility index (Phi) is 4.70. The van der Waals surface area contributed by atoms with Crippen molar-refractivity contribution < 1.29 is 14.3 Å². The van der Waals surface area contributed by atoms with Crippen LogP contribution in [0.2, 0.25) is 0 Å². The van der Waals surface area contributed by atoms with E-state index in [2.05, 4.69) is 18.4 Å². The highest BCUT2D eigenvalue weighted by atomic mass is 16.5. The highest BCUT2D eigenvalue weighted by Gasteiger charge is 2.22. The minimum absolute atomic E-state index is 0.0986. The van der Waals surface area contributed by atoms with Gasteiger partial charge in [-0.3, -0.25) is 4.79 Å². The highest BCUT2D eigenvalue weighted by molar-refractivity contribution is 5.92. The fourth-order valence-electron chi connectivity index (χ4n) is 3.04. The molecule has 1 aromatic heterocycles. The molecule has 1 aliphatic rings. The monoisotopic (exact) mass is 292 g/mol. The number of aryl methyl sites for hydroxylation is 1. The quantitative estimate of drug-likeness (QED) is 0.801. The van der Waals surface area contributed by atoms with Gasteiger partial charge in [-0.05, 0) is 46.6 Å². The number of hydrogen-bond acceptors (Lipinski definition) is 3. The molecule has 0 atom stereocenters. The number of rotatable bonds is 4. The van der Waals surface area contributed by atoms with E-state index in [1.165, 1.54) is 0 Å². The number of carbonyl (C=O) groups is 2. The summed E-state index contributed by atoms with van der Waals surface area (Å²) in [5, 5.41) is 0. The van der Waals surface area contributed by atoms with E-state index >= 15 is 0 Å². The number of likely N-dealkylation sites (tertiary alicyclic amines) is 1. The van der Waals surface area contributed by atoms with Gasteiger partial charge in [0.1, 0.15) is 0 Å². The van der Waals surface area contributed by atoms with Crippen molar-refractivity contribution in [2.45, 2.75) is 46.6 Å². The molecule has 1 saturated heterocycles. The molecule has 1 amide bonds. The van der Waals surface area contributed by atoms with Gasteiger partial charge >= 0.3 is 5.97 Å². The summed E-state index contributed by atoms with van der Waals surface area (Å²) in [6.45, 7) is 9.42. The lowest BCUT2D eigenvalue weighted by Crippen LogP contribution is -2.32. The van der Waals surface area contributed by atoms with Crippen molar-refractivity contribution in [2.75, 3.05) is 19.7 Å². The molecular formula is C16H24N2O3. The molecule has 2 rings (SSSR count). The summed E-state index contributed by atoms with van der Waals surface area (Å²) in [4.78, 5) is 25.8. The van der Waals surface area contributed by atoms with Crippen molar-refractivity contribution >= 4 is 11.9 Å². The van der Waals surface area contributed by atoms with Gasteiger partial charge in [0.15, 0.2) is 6.61 Å². The molecule has 2 heterocycles. The molecule has 0 saturated carbocycles. The summed E-state index contributed by atoms with van der Waals surface area (Å²) < 4.78 is 7.28. The first-order valence-electron chi connectivity index (χ1n) is 7.55. The molecule has 21 heavy (non-hydrogen) atoms. The predicted molar refractivity (Wildman–Crippen MR) is 80.4 cm³/mol. The Hall–Kier alpha value is -1.78. The average Bonchev–Trinajstić information content (AvgIpc) is 3.03. The minimum Gasteiger partial charge on any atom is -0.452 e. The number of amides is 1. The summed E-state index contributed by atoms with van der Waals surface area (Å²) in [7, 11) is 0. The van der Waals surface area contributed by atoms with Crippen LogP contribution in [0.1, 0.15) is 54.5 Å². The van der Waals surface area contributed by atoms with Gasteiger partial charge in [0.05, 0.1) is 5.56 Å². The topological polar surface area (TPSA) is 51.5 Å². The van der Waals surface area contributed by atoms with E-state index in [0.29, 0.717) is 5.56 Å². The number of nitrogens with zero attached hydrogens (tertiary/aromatic N) is 2. The summed E-state index contributed by atoms with van der Waals surface area (Å²) >= 11 is 0. The molecule has 0 aromatic carbocycles. The molecule has 0 spiro atoms. The molecule has 1 aromatic rings. The normalized spacial score (nSPS) is 14.8. The summed E-state index contributed by atoms with van der Waals surface area (Å²) in [5.41, 5.74) is 2.47. The average molecular weight is 292 g/mol. The first-order valence-corrected chi connectivity index (χ1v) is 7.55. The second kappa shape index (κ2) is 6.33. The van der Waals surface area contributed by atoms with Crippen LogP contribution in [0.5, 0.6) is 0 Å². The van der Waals surface area contributed by atoms with Crippen LogP contribution in [-0.2, 0) is 9.53 Å². The van der Waals surface area contributed by atoms with Gasteiger partial charge in [-0.2, -0.15) is 0 Å². The van der Waals surface area contributed by atoms with Crippen LogP contribution >= 0.6 is 0 Å². The highest BCUT2D eigenvalue weighted by Crippen LogP contribution is 2.20. The summed E-state index contributed by atoms with van der Waals surface area (Å²) in [5.74, 6) is -0.513. The Morgan fingerprint density at radius 1 is 1.24 bits per heavy atom. The summed E-state index contributed by atoms with van der Waals surface area (Å²) in [6, 6.07) is 2.12. The molecule has 0 radical (unpaired) electrons. The fraction of sp³-hybridized carbons (Fsp3) is 0.625. The van der Waals surface area contributed by atoms with Gasteiger partial charge < -0.3 is 14.2 Å². The van der Waals surface area contributed by atoms with Crippen molar-refractivity contribution in [1.29, 1.82) is 0 Å². The molecule has 0 bridgehead atoms. The van der Waals surface area contributed by atoms with Crippen molar-refractivity contribution in [3.8, 4) is 0 Å². The zero-order valence-electron chi connectivity index (χ0n) is 13.3. The lowest BCUT2D eigenvalue weighted by Gasteiger charge is -2.15. The van der Waals surface area contributed by atoms with E-state index in [1.807, 2.05) is 19.9 Å². The summed E-state index contributed by atoms with van der Waals surface area (Å²) in [6.07, 6.45) is 2.07. The van der Waals surface area contributed by atoms with Gasteiger partial charge in [-0.25, -0.2) is 4.79 Å². The van der Waals surface area contributed by atoms with E-state index < -0.39 is 5.97 Å². The first-order chi connectivity index (χ1) is 9.91. The smallest absolute Gasteiger partial charge is 0.340 e. The van der Waals surface area contributed by atoms with Crippen LogP contribution in [0, 0.1) is 13.8 Å².